The van der Waals surface area contributed by atoms with Gasteiger partial charge in [0.1, 0.15) is 5.70 Å². The van der Waals surface area contributed by atoms with Gasteiger partial charge in [0.2, 0.25) is 0 Å². The molecule has 4 rings (SSSR count). The Morgan fingerprint density at radius 3 is 1.82 bits per heavy atom. The van der Waals surface area contributed by atoms with Crippen LogP contribution in [-0.4, -0.2) is 43.9 Å². The lowest BCUT2D eigenvalue weighted by Crippen LogP contribution is -2.36. The second-order valence-electron chi connectivity index (χ2n) is 8.25. The average molecular weight is 552 g/mol. The Labute approximate surface area is 235 Å². The highest BCUT2D eigenvalue weighted by Gasteiger charge is 2.14. The fraction of sp³-hybridized carbons (Fsp3) is 0.207. The van der Waals surface area contributed by atoms with Crippen LogP contribution in [0.4, 0.5) is 17.1 Å². The molecule has 10 heteroatoms. The molecule has 6 N–H and O–H groups in total. The van der Waals surface area contributed by atoms with Crippen molar-refractivity contribution in [2.24, 2.45) is 10.9 Å². The van der Waals surface area contributed by atoms with Gasteiger partial charge in [-0.05, 0) is 72.8 Å². The van der Waals surface area contributed by atoms with Crippen LogP contribution in [0.15, 0.2) is 83.9 Å². The molecule has 1 fully saturated rings. The second-order valence-corrected chi connectivity index (χ2v) is 8.76. The van der Waals surface area contributed by atoms with Crippen LogP contribution in [0.5, 0.6) is 0 Å². The fourth-order valence-electron chi connectivity index (χ4n) is 3.76. The smallest absolute Gasteiger partial charge is 0.272 e. The van der Waals surface area contributed by atoms with E-state index in [9.17, 15) is 14.4 Å². The molecule has 2 amide bonds. The highest BCUT2D eigenvalue weighted by Crippen LogP contribution is 2.19. The molecular weight excluding hydrogens is 514 g/mol. The summed E-state index contributed by atoms with van der Waals surface area (Å²) in [4.78, 5) is 39.7. The third-order valence-corrected chi connectivity index (χ3v) is 6.16. The molecule has 0 aliphatic carbocycles. The van der Waals surface area contributed by atoms with Crippen LogP contribution in [0, 0.1) is 0 Å². The normalized spacial score (nSPS) is 13.1. The maximum atomic E-state index is 12.9. The maximum Gasteiger partial charge on any atom is 0.272 e. The van der Waals surface area contributed by atoms with Crippen molar-refractivity contribution in [3.05, 3.63) is 101 Å². The minimum absolute atomic E-state index is 0. The van der Waals surface area contributed by atoms with Gasteiger partial charge in [-0.2, -0.15) is 0 Å². The molecule has 3 aromatic rings. The van der Waals surface area contributed by atoms with Gasteiger partial charge < -0.3 is 26.0 Å². The predicted molar refractivity (Wildman–Crippen MR) is 162 cm³/mol. The Hall–Kier alpha value is -4.12. The van der Waals surface area contributed by atoms with Crippen molar-refractivity contribution in [2.45, 2.75) is 13.8 Å². The molecule has 1 aliphatic rings. The van der Waals surface area contributed by atoms with Gasteiger partial charge in [0, 0.05) is 55.1 Å². The molecule has 0 saturated carbocycles. The molecule has 39 heavy (non-hydrogen) atoms. The molecule has 208 valence electrons. The van der Waals surface area contributed by atoms with Crippen molar-refractivity contribution in [3.8, 4) is 0 Å². The number of carbonyl (C=O) groups excluding carboxylic acids is 3. The number of nitrogens with zero attached hydrogens (tertiary/aromatic N) is 1. The molecule has 0 aromatic heterocycles. The maximum absolute atomic E-state index is 12.9. The number of ether oxygens (including phenoxy) is 1. The fourth-order valence-corrected chi connectivity index (χ4v) is 4.01. The van der Waals surface area contributed by atoms with Crippen LogP contribution >= 0.6 is 11.9 Å². The standard InChI is InChI=1S/C27H27N5O4S.C2H6.2H2/c28-24(17-37-29)27(35)31-22-9-3-19(4-10-22)25(33)18-1-7-21(8-2-18)30-26(34)20-5-11-23(12-6-20)32-13-15-36-16-14-32;1-2;;/h1-12,17H,13-16,28-29H2,(H,30,34)(H,31,35);1-2H3;2*1H/b24-17-;;;. The lowest BCUT2D eigenvalue weighted by Gasteiger charge is -2.28. The van der Waals surface area contributed by atoms with E-state index in [4.69, 9.17) is 15.6 Å². The van der Waals surface area contributed by atoms with E-state index in [0.29, 0.717) is 41.3 Å². The molecule has 1 saturated heterocycles. The molecule has 1 heterocycles. The third-order valence-electron chi connectivity index (χ3n) is 5.77. The number of amides is 2. The first kappa shape index (κ1) is 29.4. The molecule has 3 aromatic carbocycles. The first-order valence-electron chi connectivity index (χ1n) is 12.6. The first-order chi connectivity index (χ1) is 18.9. The predicted octanol–water partition coefficient (Wildman–Crippen LogP) is 4.87. The van der Waals surface area contributed by atoms with Crippen molar-refractivity contribution >= 4 is 46.6 Å². The van der Waals surface area contributed by atoms with Crippen LogP contribution < -0.4 is 26.4 Å². The van der Waals surface area contributed by atoms with Crippen LogP contribution in [0.25, 0.3) is 0 Å². The molecule has 9 nitrogen and oxygen atoms in total. The van der Waals surface area contributed by atoms with Gasteiger partial charge in [-0.1, -0.05) is 25.8 Å². The van der Waals surface area contributed by atoms with E-state index in [2.05, 4.69) is 15.5 Å². The lowest BCUT2D eigenvalue weighted by atomic mass is 10.0. The number of nitrogens with one attached hydrogen (secondary N) is 2. The lowest BCUT2D eigenvalue weighted by molar-refractivity contribution is -0.112. The number of benzene rings is 3. The van der Waals surface area contributed by atoms with Crippen molar-refractivity contribution < 1.29 is 22.0 Å². The van der Waals surface area contributed by atoms with E-state index in [-0.39, 0.29) is 20.2 Å². The monoisotopic (exact) mass is 551 g/mol. The van der Waals surface area contributed by atoms with Crippen LogP contribution in [0.3, 0.4) is 0 Å². The summed E-state index contributed by atoms with van der Waals surface area (Å²) in [5, 5.41) is 12.1. The summed E-state index contributed by atoms with van der Waals surface area (Å²) in [6, 6.07) is 20.6. The van der Waals surface area contributed by atoms with Crippen LogP contribution in [-0.2, 0) is 9.53 Å². The van der Waals surface area contributed by atoms with Gasteiger partial charge in [0.05, 0.1) is 13.2 Å². The molecule has 0 unspecified atom stereocenters. The Morgan fingerprint density at radius 1 is 0.821 bits per heavy atom. The van der Waals surface area contributed by atoms with Crippen molar-refractivity contribution in [1.29, 1.82) is 0 Å². The van der Waals surface area contributed by atoms with Crippen molar-refractivity contribution in [1.82, 2.24) is 0 Å². The first-order valence-corrected chi connectivity index (χ1v) is 13.5. The molecule has 0 atom stereocenters. The Kier molecular flexibility index (Phi) is 11.1. The topological polar surface area (TPSA) is 140 Å². The zero-order chi connectivity index (χ0) is 28.2. The zero-order valence-electron chi connectivity index (χ0n) is 22.0. The van der Waals surface area contributed by atoms with E-state index in [1.165, 1.54) is 5.41 Å². The summed E-state index contributed by atoms with van der Waals surface area (Å²) in [6.45, 7) is 7.07. The third kappa shape index (κ3) is 8.18. The van der Waals surface area contributed by atoms with Gasteiger partial charge in [0.25, 0.3) is 11.8 Å². The minimum atomic E-state index is -0.484. The summed E-state index contributed by atoms with van der Waals surface area (Å²) >= 11 is 0.840. The van der Waals surface area contributed by atoms with E-state index < -0.39 is 5.91 Å². The van der Waals surface area contributed by atoms with Gasteiger partial charge in [0.15, 0.2) is 5.78 Å². The number of morpholine rings is 1. The number of ketones is 1. The minimum Gasteiger partial charge on any atom is -0.394 e. The largest absolute Gasteiger partial charge is 0.394 e. The zero-order valence-corrected chi connectivity index (χ0v) is 22.8. The summed E-state index contributed by atoms with van der Waals surface area (Å²) in [5.74, 6) is -0.901. The van der Waals surface area contributed by atoms with E-state index in [1.807, 2.05) is 26.0 Å². The highest BCUT2D eigenvalue weighted by atomic mass is 32.2. The summed E-state index contributed by atoms with van der Waals surface area (Å²) < 4.78 is 5.38. The Bertz CT molecular complexity index is 1300. The average Bonchev–Trinajstić information content (AvgIpc) is 2.99. The Morgan fingerprint density at radius 2 is 1.31 bits per heavy atom. The highest BCUT2D eigenvalue weighted by molar-refractivity contribution is 8.00. The molecule has 0 bridgehead atoms. The number of hydrogen-bond donors (Lipinski definition) is 4. The molecular formula is C29H37N5O4S. The van der Waals surface area contributed by atoms with Gasteiger partial charge >= 0.3 is 0 Å². The summed E-state index contributed by atoms with van der Waals surface area (Å²) in [7, 11) is 0. The number of hydrogen-bond acceptors (Lipinski definition) is 8. The number of nitrogens with two attached hydrogens (primary N) is 2. The summed E-state index contributed by atoms with van der Waals surface area (Å²) in [5.41, 5.74) is 9.20. The molecule has 0 spiro atoms. The molecule has 0 radical (unpaired) electrons. The van der Waals surface area contributed by atoms with Crippen molar-refractivity contribution in [2.75, 3.05) is 41.8 Å². The van der Waals surface area contributed by atoms with E-state index in [0.717, 1.165) is 30.7 Å². The number of anilines is 3. The number of carbonyl (C=O) groups is 3. The number of rotatable bonds is 8. The molecule has 1 aliphatic heterocycles. The SMILES string of the molecule is CC.NS/C=C(\N)C(=O)Nc1ccc(C(=O)c2ccc(NC(=O)c3ccc(N4CCOCC4)cc3)cc2)cc1.[HH].[HH]. The van der Waals surface area contributed by atoms with Crippen molar-refractivity contribution in [3.63, 3.8) is 0 Å². The van der Waals surface area contributed by atoms with Crippen LogP contribution in [0.2, 0.25) is 0 Å². The summed E-state index contributed by atoms with van der Waals surface area (Å²) in [6.07, 6.45) is 0. The second kappa shape index (κ2) is 14.7. The van der Waals surface area contributed by atoms with E-state index in [1.54, 1.807) is 60.7 Å². The quantitative estimate of drug-likeness (QED) is 0.177. The Balaban J connectivity index is 0.00000206. The van der Waals surface area contributed by atoms with Gasteiger partial charge in [-0.3, -0.25) is 19.5 Å². The van der Waals surface area contributed by atoms with Gasteiger partial charge in [-0.25, -0.2) is 0 Å². The van der Waals surface area contributed by atoms with E-state index >= 15 is 0 Å². The van der Waals surface area contributed by atoms with Gasteiger partial charge in [-0.15, -0.1) is 0 Å². The van der Waals surface area contributed by atoms with Crippen LogP contribution in [0.1, 0.15) is 43.0 Å².